The van der Waals surface area contributed by atoms with Crippen LogP contribution in [0.4, 0.5) is 0 Å². The van der Waals surface area contributed by atoms with Gasteiger partial charge in [-0.3, -0.25) is 0 Å². The van der Waals surface area contributed by atoms with Crippen molar-refractivity contribution in [1.82, 2.24) is 0 Å². The molecule has 0 bridgehead atoms. The van der Waals surface area contributed by atoms with E-state index in [1.807, 2.05) is 0 Å². The zero-order chi connectivity index (χ0) is 6.85. The fourth-order valence-corrected chi connectivity index (χ4v) is 1.21. The molecule has 9 heavy (non-hydrogen) atoms. The molecule has 1 unspecified atom stereocenters. The summed E-state index contributed by atoms with van der Waals surface area (Å²) in [5, 5.41) is 7.17. The minimum absolute atomic E-state index is 0.346. The van der Waals surface area contributed by atoms with Crippen LogP contribution < -0.4 is 5.73 Å². The van der Waals surface area contributed by atoms with Crippen LogP contribution in [-0.4, -0.2) is 11.8 Å². The van der Waals surface area contributed by atoms with Crippen molar-refractivity contribution in [2.45, 2.75) is 32.2 Å². The van der Waals surface area contributed by atoms with Crippen molar-refractivity contribution < 1.29 is 0 Å². The fourth-order valence-electron chi connectivity index (χ4n) is 1.21. The van der Waals surface area contributed by atoms with Crippen molar-refractivity contribution in [2.75, 3.05) is 0 Å². The Morgan fingerprint density at radius 2 is 2.33 bits per heavy atom. The molecule has 0 aliphatic heterocycles. The molecule has 0 heterocycles. The minimum Gasteiger partial charge on any atom is -0.327 e. The zero-order valence-electron chi connectivity index (χ0n) is 5.85. The summed E-state index contributed by atoms with van der Waals surface area (Å²) in [6.07, 6.45) is 2.96. The number of nitrogens with two attached hydrogens (primary N) is 1. The number of hydrogen-bond donors (Lipinski definition) is 2. The lowest BCUT2D eigenvalue weighted by Crippen LogP contribution is -2.38. The Balaban J connectivity index is 2.23. The first kappa shape index (κ1) is 6.75. The van der Waals surface area contributed by atoms with Crippen LogP contribution in [0.2, 0.25) is 0 Å². The van der Waals surface area contributed by atoms with E-state index in [4.69, 9.17) is 11.1 Å². The molecular formula is C7H14N2. The maximum Gasteiger partial charge on any atom is 0.00961 e. The molecule has 0 amide bonds. The Morgan fingerprint density at radius 3 is 2.67 bits per heavy atom. The highest BCUT2D eigenvalue weighted by Gasteiger charge is 2.27. The maximum absolute atomic E-state index is 7.17. The van der Waals surface area contributed by atoms with E-state index in [0.717, 1.165) is 25.0 Å². The Morgan fingerprint density at radius 1 is 1.78 bits per heavy atom. The lowest BCUT2D eigenvalue weighted by molar-refractivity contribution is 0.388. The van der Waals surface area contributed by atoms with Gasteiger partial charge in [0, 0.05) is 11.8 Å². The van der Waals surface area contributed by atoms with E-state index in [-0.39, 0.29) is 0 Å². The topological polar surface area (TPSA) is 49.9 Å². The molecule has 1 aliphatic carbocycles. The average molecular weight is 126 g/mol. The summed E-state index contributed by atoms with van der Waals surface area (Å²) in [5.74, 6) is 0.627. The van der Waals surface area contributed by atoms with Gasteiger partial charge in [0.05, 0.1) is 0 Å². The highest BCUT2D eigenvalue weighted by Crippen LogP contribution is 2.26. The van der Waals surface area contributed by atoms with Gasteiger partial charge in [-0.2, -0.15) is 0 Å². The lowest BCUT2D eigenvalue weighted by Gasteiger charge is -2.31. The molecule has 0 aromatic heterocycles. The molecule has 0 saturated heterocycles. The van der Waals surface area contributed by atoms with Gasteiger partial charge in [-0.25, -0.2) is 0 Å². The van der Waals surface area contributed by atoms with Crippen LogP contribution in [0, 0.1) is 11.3 Å². The Labute approximate surface area is 55.9 Å². The Hall–Kier alpha value is -0.370. The molecule has 0 radical (unpaired) electrons. The SMILES string of the molecule is CCC(N)C1CC(=N)C1. The molecule has 0 aromatic carbocycles. The van der Waals surface area contributed by atoms with E-state index >= 15 is 0 Å². The molecule has 3 N–H and O–H groups in total. The van der Waals surface area contributed by atoms with Crippen LogP contribution in [0.5, 0.6) is 0 Å². The number of nitrogens with one attached hydrogen (secondary N) is 1. The third-order valence-corrected chi connectivity index (χ3v) is 2.09. The van der Waals surface area contributed by atoms with E-state index in [1.165, 1.54) is 0 Å². The Kier molecular flexibility index (Phi) is 1.86. The quantitative estimate of drug-likeness (QED) is 0.573. The van der Waals surface area contributed by atoms with Crippen molar-refractivity contribution in [2.24, 2.45) is 11.7 Å². The van der Waals surface area contributed by atoms with E-state index < -0.39 is 0 Å². The smallest absolute Gasteiger partial charge is 0.00961 e. The highest BCUT2D eigenvalue weighted by molar-refractivity contribution is 5.87. The molecule has 1 aliphatic rings. The summed E-state index contributed by atoms with van der Waals surface area (Å²) < 4.78 is 0. The van der Waals surface area contributed by atoms with Gasteiger partial charge in [-0.05, 0) is 25.2 Å². The largest absolute Gasteiger partial charge is 0.327 e. The highest BCUT2D eigenvalue weighted by atomic mass is 14.7. The lowest BCUT2D eigenvalue weighted by atomic mass is 9.77. The summed E-state index contributed by atoms with van der Waals surface area (Å²) in [5.41, 5.74) is 6.62. The molecule has 1 saturated carbocycles. The third-order valence-electron chi connectivity index (χ3n) is 2.09. The average Bonchev–Trinajstić information content (AvgIpc) is 1.79. The molecule has 2 nitrogen and oxygen atoms in total. The van der Waals surface area contributed by atoms with Crippen molar-refractivity contribution >= 4 is 5.71 Å². The van der Waals surface area contributed by atoms with E-state index in [9.17, 15) is 0 Å². The first-order valence-electron chi connectivity index (χ1n) is 3.56. The van der Waals surface area contributed by atoms with Gasteiger partial charge in [0.15, 0.2) is 0 Å². The molecule has 52 valence electrons. The second kappa shape index (κ2) is 2.48. The van der Waals surface area contributed by atoms with Crippen LogP contribution >= 0.6 is 0 Å². The summed E-state index contributed by atoms with van der Waals surface area (Å²) in [4.78, 5) is 0. The van der Waals surface area contributed by atoms with Crippen LogP contribution in [0.3, 0.4) is 0 Å². The van der Waals surface area contributed by atoms with Gasteiger partial charge in [0.25, 0.3) is 0 Å². The third kappa shape index (κ3) is 1.30. The Bertz CT molecular complexity index is 112. The van der Waals surface area contributed by atoms with E-state index in [2.05, 4.69) is 6.92 Å². The van der Waals surface area contributed by atoms with Crippen LogP contribution in [0.25, 0.3) is 0 Å². The van der Waals surface area contributed by atoms with Gasteiger partial charge >= 0.3 is 0 Å². The van der Waals surface area contributed by atoms with Gasteiger partial charge in [-0.15, -0.1) is 0 Å². The number of hydrogen-bond acceptors (Lipinski definition) is 2. The molecule has 0 spiro atoms. The maximum atomic E-state index is 7.17. The predicted molar refractivity (Wildman–Crippen MR) is 38.7 cm³/mol. The van der Waals surface area contributed by atoms with Crippen molar-refractivity contribution in [3.05, 3.63) is 0 Å². The van der Waals surface area contributed by atoms with E-state index in [0.29, 0.717) is 12.0 Å². The van der Waals surface area contributed by atoms with Crippen LogP contribution in [-0.2, 0) is 0 Å². The second-order valence-electron chi connectivity index (χ2n) is 2.84. The van der Waals surface area contributed by atoms with Crippen molar-refractivity contribution in [3.63, 3.8) is 0 Å². The van der Waals surface area contributed by atoms with Crippen LogP contribution in [0.1, 0.15) is 26.2 Å². The normalized spacial score (nSPS) is 29.6. The first-order valence-corrected chi connectivity index (χ1v) is 3.56. The van der Waals surface area contributed by atoms with Crippen LogP contribution in [0.15, 0.2) is 0 Å². The van der Waals surface area contributed by atoms with Crippen molar-refractivity contribution in [3.8, 4) is 0 Å². The van der Waals surface area contributed by atoms with Gasteiger partial charge in [0.2, 0.25) is 0 Å². The second-order valence-corrected chi connectivity index (χ2v) is 2.84. The molecule has 1 rings (SSSR count). The summed E-state index contributed by atoms with van der Waals surface area (Å²) in [7, 11) is 0. The molecule has 1 fully saturated rings. The molecule has 1 atom stereocenters. The summed E-state index contributed by atoms with van der Waals surface area (Å²) >= 11 is 0. The molecule has 2 heteroatoms. The minimum atomic E-state index is 0.346. The molecule has 0 aromatic rings. The summed E-state index contributed by atoms with van der Waals surface area (Å²) in [6.45, 7) is 2.10. The van der Waals surface area contributed by atoms with Crippen molar-refractivity contribution in [1.29, 1.82) is 5.41 Å². The van der Waals surface area contributed by atoms with E-state index in [1.54, 1.807) is 0 Å². The fraction of sp³-hybridized carbons (Fsp3) is 0.857. The predicted octanol–water partition coefficient (Wildman–Crippen LogP) is 1.15. The zero-order valence-corrected chi connectivity index (χ0v) is 5.85. The monoisotopic (exact) mass is 126 g/mol. The first-order chi connectivity index (χ1) is 4.24. The molecular weight excluding hydrogens is 112 g/mol. The van der Waals surface area contributed by atoms with Gasteiger partial charge in [0.1, 0.15) is 0 Å². The summed E-state index contributed by atoms with van der Waals surface area (Å²) in [6, 6.07) is 0.346. The van der Waals surface area contributed by atoms with Gasteiger partial charge < -0.3 is 11.1 Å². The van der Waals surface area contributed by atoms with Gasteiger partial charge in [-0.1, -0.05) is 6.92 Å². The standard InChI is InChI=1S/C7H14N2/c1-2-7(9)5-3-6(8)4-5/h5,7-8H,2-4,9H2,1H3. The number of rotatable bonds is 2.